The van der Waals surface area contributed by atoms with Gasteiger partial charge in [-0.3, -0.25) is 0 Å². The van der Waals surface area contributed by atoms with Crippen molar-refractivity contribution in [2.24, 2.45) is 5.73 Å². The van der Waals surface area contributed by atoms with Crippen LogP contribution in [0.4, 0.5) is 0 Å². The average Bonchev–Trinajstić information content (AvgIpc) is 3.26. The van der Waals surface area contributed by atoms with E-state index < -0.39 is 11.9 Å². The van der Waals surface area contributed by atoms with Crippen molar-refractivity contribution in [2.45, 2.75) is 19.4 Å². The van der Waals surface area contributed by atoms with Crippen molar-refractivity contribution >= 4 is 17.3 Å². The summed E-state index contributed by atoms with van der Waals surface area (Å²) >= 11 is 1.43. The van der Waals surface area contributed by atoms with Gasteiger partial charge >= 0.3 is 5.97 Å². The van der Waals surface area contributed by atoms with E-state index in [0.29, 0.717) is 12.3 Å². The molecular weight excluding hydrogens is 342 g/mol. The molecule has 2 aromatic rings. The van der Waals surface area contributed by atoms with E-state index in [0.717, 1.165) is 10.4 Å². The van der Waals surface area contributed by atoms with Crippen LogP contribution in [0.2, 0.25) is 0 Å². The number of carbonyl (C=O) groups excluding carboxylic acids is 1. The minimum absolute atomic E-state index is 0.00359. The van der Waals surface area contributed by atoms with Gasteiger partial charge in [0.25, 0.3) is 0 Å². The topological polar surface area (TPSA) is 116 Å². The molecule has 0 saturated carbocycles. The van der Waals surface area contributed by atoms with Crippen LogP contribution in [0.15, 0.2) is 46.9 Å². The highest BCUT2D eigenvalue weighted by Gasteiger charge is 2.36. The third-order valence-electron chi connectivity index (χ3n) is 3.78. The molecule has 128 valence electrons. The number of carbonyl (C=O) groups is 1. The monoisotopic (exact) mass is 357 g/mol. The first-order chi connectivity index (χ1) is 12.0. The minimum Gasteiger partial charge on any atom is -0.466 e. The van der Waals surface area contributed by atoms with Gasteiger partial charge in [-0.1, -0.05) is 0 Å². The third-order valence-corrected chi connectivity index (χ3v) is 4.83. The Kier molecular flexibility index (Phi) is 4.54. The fraction of sp³-hybridized carbons (Fsp3) is 0.250. The molecule has 0 amide bonds. The molecule has 3 rings (SSSR count). The second-order valence-electron chi connectivity index (χ2n) is 5.34. The fourth-order valence-electron chi connectivity index (χ4n) is 2.67. The fourth-order valence-corrected chi connectivity index (χ4v) is 3.69. The Balaban J connectivity index is 2.01. The van der Waals surface area contributed by atoms with Crippen LogP contribution in [0, 0.1) is 11.3 Å². The summed E-state index contributed by atoms with van der Waals surface area (Å²) in [6, 6.07) is 3.97. The van der Waals surface area contributed by atoms with Crippen LogP contribution in [0.3, 0.4) is 0 Å². The predicted molar refractivity (Wildman–Crippen MR) is 88.8 cm³/mol. The molecule has 1 unspecified atom stereocenters. The molecule has 0 spiro atoms. The van der Waals surface area contributed by atoms with Gasteiger partial charge in [-0.2, -0.15) is 10.4 Å². The normalized spacial score (nSPS) is 17.2. The van der Waals surface area contributed by atoms with Crippen molar-refractivity contribution in [3.05, 3.63) is 57.3 Å². The highest BCUT2D eigenvalue weighted by Crippen LogP contribution is 2.41. The lowest BCUT2D eigenvalue weighted by Gasteiger charge is -2.25. The summed E-state index contributed by atoms with van der Waals surface area (Å²) in [5, 5.41) is 15.5. The molecule has 8 nitrogen and oxygen atoms in total. The molecule has 0 bridgehead atoms. The Morgan fingerprint density at radius 1 is 1.60 bits per heavy atom. The van der Waals surface area contributed by atoms with E-state index in [2.05, 4.69) is 16.2 Å². The number of hydrogen-bond acceptors (Lipinski definition) is 8. The number of methoxy groups -OCH3 is 1. The summed E-state index contributed by atoms with van der Waals surface area (Å²) in [6.07, 6.45) is 3.08. The molecule has 0 saturated heterocycles. The SMILES string of the molecule is COC(=O)C1=C(C)OC(N)=C(C#N)C1c1cc(Cn2cncn2)cs1. The molecule has 0 aromatic carbocycles. The Hall–Kier alpha value is -3.12. The number of aromatic nitrogens is 3. The van der Waals surface area contributed by atoms with Gasteiger partial charge in [0, 0.05) is 4.88 Å². The predicted octanol–water partition coefficient (Wildman–Crippen LogP) is 1.64. The van der Waals surface area contributed by atoms with Gasteiger partial charge in [0.1, 0.15) is 30.1 Å². The standard InChI is InChI=1S/C16H15N5O3S/c1-9-13(16(22)23-2)14(11(4-17)15(18)24-9)12-3-10(6-25-12)5-21-8-19-7-20-21/h3,6-8,14H,5,18H2,1-2H3. The largest absolute Gasteiger partial charge is 0.466 e. The summed E-state index contributed by atoms with van der Waals surface area (Å²) < 4.78 is 11.9. The number of nitrogens with zero attached hydrogens (tertiary/aromatic N) is 4. The maximum absolute atomic E-state index is 12.2. The third kappa shape index (κ3) is 3.12. The second-order valence-corrected chi connectivity index (χ2v) is 6.28. The van der Waals surface area contributed by atoms with Gasteiger partial charge < -0.3 is 15.2 Å². The highest BCUT2D eigenvalue weighted by atomic mass is 32.1. The van der Waals surface area contributed by atoms with Crippen LogP contribution in [0.5, 0.6) is 0 Å². The maximum Gasteiger partial charge on any atom is 0.338 e. The number of nitriles is 1. The van der Waals surface area contributed by atoms with Crippen molar-refractivity contribution in [1.82, 2.24) is 14.8 Å². The van der Waals surface area contributed by atoms with Gasteiger partial charge in [-0.25, -0.2) is 14.5 Å². The number of nitrogens with two attached hydrogens (primary N) is 1. The molecule has 1 atom stereocenters. The zero-order valence-electron chi connectivity index (χ0n) is 13.6. The van der Waals surface area contributed by atoms with Crippen LogP contribution in [0.1, 0.15) is 23.3 Å². The molecule has 1 aliphatic heterocycles. The summed E-state index contributed by atoms with van der Waals surface area (Å²) in [7, 11) is 1.29. The van der Waals surface area contributed by atoms with E-state index in [1.54, 1.807) is 17.9 Å². The molecule has 0 radical (unpaired) electrons. The lowest BCUT2D eigenvalue weighted by molar-refractivity contribution is -0.136. The van der Waals surface area contributed by atoms with Gasteiger partial charge in [0.05, 0.1) is 25.1 Å². The van der Waals surface area contributed by atoms with Crippen molar-refractivity contribution < 1.29 is 14.3 Å². The summed E-state index contributed by atoms with van der Waals surface area (Å²) in [4.78, 5) is 17.0. The van der Waals surface area contributed by atoms with E-state index in [1.165, 1.54) is 24.8 Å². The molecule has 2 aromatic heterocycles. The quantitative estimate of drug-likeness (QED) is 0.827. The van der Waals surface area contributed by atoms with Crippen LogP contribution >= 0.6 is 11.3 Å². The molecule has 9 heteroatoms. The van der Waals surface area contributed by atoms with Crippen LogP contribution in [0.25, 0.3) is 0 Å². The van der Waals surface area contributed by atoms with E-state index in [1.807, 2.05) is 11.4 Å². The Morgan fingerprint density at radius 2 is 2.40 bits per heavy atom. The smallest absolute Gasteiger partial charge is 0.338 e. The molecule has 0 fully saturated rings. The first-order valence-corrected chi connectivity index (χ1v) is 8.19. The molecule has 2 N–H and O–H groups in total. The molecular formula is C16H15N5O3S. The van der Waals surface area contributed by atoms with Gasteiger partial charge in [-0.15, -0.1) is 11.3 Å². The molecule has 0 aliphatic carbocycles. The summed E-state index contributed by atoms with van der Waals surface area (Å²) in [5.74, 6) is -0.821. The Morgan fingerprint density at radius 3 is 3.04 bits per heavy atom. The summed E-state index contributed by atoms with van der Waals surface area (Å²) in [5.41, 5.74) is 7.31. The number of esters is 1. The zero-order chi connectivity index (χ0) is 18.0. The van der Waals surface area contributed by atoms with E-state index in [-0.39, 0.29) is 17.0 Å². The van der Waals surface area contributed by atoms with Crippen molar-refractivity contribution in [1.29, 1.82) is 5.26 Å². The number of ether oxygens (including phenoxy) is 2. The first kappa shape index (κ1) is 16.7. The van der Waals surface area contributed by atoms with E-state index >= 15 is 0 Å². The van der Waals surface area contributed by atoms with Gasteiger partial charge in [0.2, 0.25) is 5.88 Å². The Bertz CT molecular complexity index is 905. The highest BCUT2D eigenvalue weighted by molar-refractivity contribution is 7.10. The molecule has 1 aliphatic rings. The zero-order valence-corrected chi connectivity index (χ0v) is 14.4. The minimum atomic E-state index is -0.610. The summed E-state index contributed by atoms with van der Waals surface area (Å²) in [6.45, 7) is 2.17. The van der Waals surface area contributed by atoms with E-state index in [4.69, 9.17) is 15.2 Å². The number of allylic oxidation sites excluding steroid dienone is 2. The maximum atomic E-state index is 12.2. The van der Waals surface area contributed by atoms with Crippen molar-refractivity contribution in [3.8, 4) is 6.07 Å². The van der Waals surface area contributed by atoms with Gasteiger partial charge in [-0.05, 0) is 23.9 Å². The van der Waals surface area contributed by atoms with Crippen LogP contribution < -0.4 is 5.73 Å². The van der Waals surface area contributed by atoms with Crippen LogP contribution in [-0.2, 0) is 20.8 Å². The number of hydrogen-bond donors (Lipinski definition) is 1. The second kappa shape index (κ2) is 6.78. The lowest BCUT2D eigenvalue weighted by atomic mass is 9.87. The molecule has 25 heavy (non-hydrogen) atoms. The number of thiophene rings is 1. The van der Waals surface area contributed by atoms with Gasteiger partial charge in [0.15, 0.2) is 0 Å². The first-order valence-electron chi connectivity index (χ1n) is 7.31. The average molecular weight is 357 g/mol. The van der Waals surface area contributed by atoms with Crippen LogP contribution in [-0.4, -0.2) is 27.8 Å². The van der Waals surface area contributed by atoms with E-state index in [9.17, 15) is 10.1 Å². The molecule has 3 heterocycles. The van der Waals surface area contributed by atoms with Crippen molar-refractivity contribution in [3.63, 3.8) is 0 Å². The lowest BCUT2D eigenvalue weighted by Crippen LogP contribution is -2.24. The Labute approximate surface area is 147 Å². The van der Waals surface area contributed by atoms with Crippen molar-refractivity contribution in [2.75, 3.05) is 7.11 Å². The number of rotatable bonds is 4.